The number of benzene rings is 1. The van der Waals surface area contributed by atoms with Gasteiger partial charge in [-0.1, -0.05) is 30.0 Å². The second kappa shape index (κ2) is 9.05. The fourth-order valence-electron chi connectivity index (χ4n) is 2.46. The molecule has 11 heteroatoms. The summed E-state index contributed by atoms with van der Waals surface area (Å²) in [6.45, 7) is 3.76. The lowest BCUT2D eigenvalue weighted by molar-refractivity contribution is -0.113. The molecule has 0 saturated heterocycles. The van der Waals surface area contributed by atoms with Gasteiger partial charge in [-0.3, -0.25) is 9.59 Å². The third-order valence-corrected chi connectivity index (χ3v) is 5.62. The summed E-state index contributed by atoms with van der Waals surface area (Å²) in [6.07, 6.45) is 0.356. The van der Waals surface area contributed by atoms with Gasteiger partial charge >= 0.3 is 5.97 Å². The van der Waals surface area contributed by atoms with Crippen molar-refractivity contribution in [1.29, 1.82) is 0 Å². The maximum absolute atomic E-state index is 12.2. The molecule has 9 nitrogen and oxygen atoms in total. The third-order valence-electron chi connectivity index (χ3n) is 3.81. The summed E-state index contributed by atoms with van der Waals surface area (Å²) in [6, 6.07) is 4.98. The molecular weight excluding hydrogens is 416 g/mol. The lowest BCUT2D eigenvalue weighted by Gasteiger charge is -2.04. The van der Waals surface area contributed by atoms with Crippen LogP contribution < -0.4 is 10.9 Å². The topological polar surface area (TPSA) is 134 Å². The van der Waals surface area contributed by atoms with E-state index in [1.807, 2.05) is 0 Å². The number of carbonyl (C=O) groups excluding carboxylic acids is 2. The molecule has 0 radical (unpaired) electrons. The van der Waals surface area contributed by atoms with Crippen molar-refractivity contribution in [3.8, 4) is 5.88 Å². The van der Waals surface area contributed by atoms with Crippen LogP contribution in [-0.4, -0.2) is 44.3 Å². The fourth-order valence-corrected chi connectivity index (χ4v) is 4.04. The molecule has 0 aliphatic heterocycles. The number of rotatable bonds is 7. The summed E-state index contributed by atoms with van der Waals surface area (Å²) < 4.78 is 5.72. The Morgan fingerprint density at radius 3 is 2.79 bits per heavy atom. The van der Waals surface area contributed by atoms with E-state index in [0.29, 0.717) is 22.6 Å². The van der Waals surface area contributed by atoms with Crippen LogP contribution in [0, 0.1) is 0 Å². The molecule has 1 amide bonds. The van der Waals surface area contributed by atoms with Crippen LogP contribution in [0.3, 0.4) is 0 Å². The summed E-state index contributed by atoms with van der Waals surface area (Å²) in [7, 11) is 0. The molecule has 3 rings (SSSR count). The lowest BCUT2D eigenvalue weighted by Crippen LogP contribution is -2.17. The van der Waals surface area contributed by atoms with Crippen LogP contribution in [0.25, 0.3) is 10.2 Å². The molecule has 2 heterocycles. The van der Waals surface area contributed by atoms with Crippen molar-refractivity contribution >= 4 is 50.3 Å². The standard InChI is InChI=1S/C18H18N4O5S2/c1-3-10-14(24)21-17(22-15(10)25)28-8-13(23)20-18-19-11-6-5-9(7-12(11)29-18)16(26)27-4-2/h5-7H,3-4,8H2,1-2H3,(H,19,20,23)(H2,21,22,24,25). The first-order chi connectivity index (χ1) is 13.9. The average molecular weight is 434 g/mol. The molecule has 0 aliphatic carbocycles. The van der Waals surface area contributed by atoms with Crippen molar-refractivity contribution < 1.29 is 19.4 Å². The van der Waals surface area contributed by atoms with Crippen LogP contribution >= 0.6 is 23.1 Å². The number of fused-ring (bicyclic) bond motifs is 1. The molecule has 3 aromatic rings. The van der Waals surface area contributed by atoms with Crippen LogP contribution in [0.2, 0.25) is 0 Å². The fraction of sp³-hybridized carbons (Fsp3) is 0.278. The van der Waals surface area contributed by atoms with Gasteiger partial charge in [-0.05, 0) is 31.5 Å². The van der Waals surface area contributed by atoms with Gasteiger partial charge in [0.25, 0.3) is 5.56 Å². The molecule has 152 valence electrons. The van der Waals surface area contributed by atoms with Crippen LogP contribution in [0.4, 0.5) is 5.13 Å². The van der Waals surface area contributed by atoms with Crippen molar-refractivity contribution in [3.05, 3.63) is 39.7 Å². The van der Waals surface area contributed by atoms with Crippen LogP contribution in [0.5, 0.6) is 5.88 Å². The highest BCUT2D eigenvalue weighted by atomic mass is 32.2. The summed E-state index contributed by atoms with van der Waals surface area (Å²) in [5, 5.41) is 13.0. The van der Waals surface area contributed by atoms with Crippen molar-refractivity contribution in [2.75, 3.05) is 17.7 Å². The van der Waals surface area contributed by atoms with Crippen molar-refractivity contribution in [2.45, 2.75) is 25.4 Å². The smallest absolute Gasteiger partial charge is 0.338 e. The van der Waals surface area contributed by atoms with Gasteiger partial charge in [0, 0.05) is 0 Å². The molecule has 0 saturated carbocycles. The minimum atomic E-state index is -0.425. The highest BCUT2D eigenvalue weighted by molar-refractivity contribution is 7.99. The lowest BCUT2D eigenvalue weighted by atomic mass is 10.2. The number of aromatic nitrogens is 3. The van der Waals surface area contributed by atoms with E-state index in [1.54, 1.807) is 32.0 Å². The van der Waals surface area contributed by atoms with Gasteiger partial charge in [0.2, 0.25) is 11.8 Å². The number of hydrogen-bond acceptors (Lipinski definition) is 9. The van der Waals surface area contributed by atoms with Crippen molar-refractivity contribution in [3.63, 3.8) is 0 Å². The van der Waals surface area contributed by atoms with Crippen LogP contribution in [0.15, 0.2) is 28.2 Å². The van der Waals surface area contributed by atoms with Gasteiger partial charge in [-0.2, -0.15) is 4.98 Å². The van der Waals surface area contributed by atoms with Gasteiger partial charge in [0.05, 0.1) is 33.7 Å². The third kappa shape index (κ3) is 4.93. The minimum absolute atomic E-state index is 0.0299. The Morgan fingerprint density at radius 2 is 2.10 bits per heavy atom. The number of thioether (sulfide) groups is 1. The van der Waals surface area contributed by atoms with Gasteiger partial charge in [0.15, 0.2) is 10.3 Å². The predicted octanol–water partition coefficient (Wildman–Crippen LogP) is 2.56. The van der Waals surface area contributed by atoms with E-state index in [4.69, 9.17) is 4.74 Å². The molecule has 3 N–H and O–H groups in total. The number of nitrogens with zero attached hydrogens (tertiary/aromatic N) is 2. The first kappa shape index (κ1) is 20.8. The van der Waals surface area contributed by atoms with E-state index in [9.17, 15) is 19.5 Å². The summed E-state index contributed by atoms with van der Waals surface area (Å²) in [4.78, 5) is 46.6. The summed E-state index contributed by atoms with van der Waals surface area (Å²) in [5.74, 6) is -1.12. The molecule has 2 aromatic heterocycles. The number of carbonyl (C=O) groups is 2. The van der Waals surface area contributed by atoms with E-state index in [1.165, 1.54) is 11.3 Å². The van der Waals surface area contributed by atoms with Gasteiger partial charge in [-0.25, -0.2) is 9.78 Å². The molecule has 0 aliphatic rings. The molecule has 0 bridgehead atoms. The number of aromatic amines is 1. The van der Waals surface area contributed by atoms with Crippen molar-refractivity contribution in [2.24, 2.45) is 0 Å². The molecule has 0 atom stereocenters. The minimum Gasteiger partial charge on any atom is -0.493 e. The Kier molecular flexibility index (Phi) is 6.49. The van der Waals surface area contributed by atoms with Crippen LogP contribution in [-0.2, 0) is 16.0 Å². The molecule has 0 spiro atoms. The maximum Gasteiger partial charge on any atom is 0.338 e. The summed E-state index contributed by atoms with van der Waals surface area (Å²) in [5.41, 5.74) is 0.848. The normalized spacial score (nSPS) is 10.8. The zero-order valence-corrected chi connectivity index (χ0v) is 17.3. The monoisotopic (exact) mass is 434 g/mol. The second-order valence-corrected chi connectivity index (χ2v) is 7.78. The molecular formula is C18H18N4O5S2. The Morgan fingerprint density at radius 1 is 1.31 bits per heavy atom. The molecule has 1 aromatic carbocycles. The predicted molar refractivity (Wildman–Crippen MR) is 111 cm³/mol. The highest BCUT2D eigenvalue weighted by Gasteiger charge is 2.14. The Bertz CT molecular complexity index is 1130. The Hall–Kier alpha value is -2.92. The highest BCUT2D eigenvalue weighted by Crippen LogP contribution is 2.27. The van der Waals surface area contributed by atoms with Crippen molar-refractivity contribution in [1.82, 2.24) is 15.0 Å². The van der Waals surface area contributed by atoms with E-state index < -0.39 is 11.5 Å². The quantitative estimate of drug-likeness (QED) is 0.293. The zero-order valence-electron chi connectivity index (χ0n) is 15.6. The number of hydrogen-bond donors (Lipinski definition) is 3. The first-order valence-corrected chi connectivity index (χ1v) is 10.5. The molecule has 0 fully saturated rings. The number of nitrogens with one attached hydrogen (secondary N) is 2. The molecule has 0 unspecified atom stereocenters. The van der Waals surface area contributed by atoms with Gasteiger partial charge < -0.3 is 20.1 Å². The SMILES string of the molecule is CCOC(=O)c1ccc2nc(NC(=O)CSc3nc(O)c(CC)c(=O)[nH]3)sc2c1. The number of anilines is 1. The number of thiazole rings is 1. The number of amides is 1. The van der Waals surface area contributed by atoms with Crippen LogP contribution in [0.1, 0.15) is 29.8 Å². The number of esters is 1. The maximum atomic E-state index is 12.2. The number of aromatic hydroxyl groups is 1. The van der Waals surface area contributed by atoms with E-state index in [0.717, 1.165) is 16.5 Å². The van der Waals surface area contributed by atoms with Gasteiger partial charge in [-0.15, -0.1) is 0 Å². The molecule has 29 heavy (non-hydrogen) atoms. The summed E-state index contributed by atoms with van der Waals surface area (Å²) >= 11 is 2.22. The first-order valence-electron chi connectivity index (χ1n) is 8.73. The average Bonchev–Trinajstić information content (AvgIpc) is 3.07. The van der Waals surface area contributed by atoms with E-state index in [-0.39, 0.29) is 34.9 Å². The Balaban J connectivity index is 1.65. The number of ether oxygens (including phenoxy) is 1. The van der Waals surface area contributed by atoms with E-state index >= 15 is 0 Å². The van der Waals surface area contributed by atoms with E-state index in [2.05, 4.69) is 20.3 Å². The number of H-pyrrole nitrogens is 1. The van der Waals surface area contributed by atoms with Gasteiger partial charge in [0.1, 0.15) is 0 Å². The largest absolute Gasteiger partial charge is 0.493 e. The zero-order chi connectivity index (χ0) is 21.0. The Labute approximate surface area is 173 Å². The second-order valence-electron chi connectivity index (χ2n) is 5.79.